The smallest absolute Gasteiger partial charge is 0.153 e. The standard InChI is InChI=1S/C13H17N3S/c1-2-5-10(6-3-1)13-14-12(15-16-13)9-11-7-4-8-17-11/h4,7-8,10H,1-3,5-6,9H2,(H,14,15,16). The lowest BCUT2D eigenvalue weighted by Gasteiger charge is -2.17. The van der Waals surface area contributed by atoms with Crippen molar-refractivity contribution in [1.29, 1.82) is 0 Å². The fourth-order valence-corrected chi connectivity index (χ4v) is 3.22. The Morgan fingerprint density at radius 2 is 2.18 bits per heavy atom. The minimum absolute atomic E-state index is 0.595. The van der Waals surface area contributed by atoms with E-state index < -0.39 is 0 Å². The van der Waals surface area contributed by atoms with Gasteiger partial charge in [-0.05, 0) is 24.3 Å². The summed E-state index contributed by atoms with van der Waals surface area (Å²) in [6.45, 7) is 0. The molecule has 0 bridgehead atoms. The van der Waals surface area contributed by atoms with Crippen LogP contribution in [0.5, 0.6) is 0 Å². The SMILES string of the molecule is c1csc(Cc2nc(C3CCCCC3)n[nH]2)c1. The number of hydrogen-bond donors (Lipinski definition) is 1. The van der Waals surface area contributed by atoms with Crippen LogP contribution in [0.1, 0.15) is 54.5 Å². The third-order valence-electron chi connectivity index (χ3n) is 3.44. The number of aromatic amines is 1. The number of nitrogens with one attached hydrogen (secondary N) is 1. The first kappa shape index (κ1) is 11.0. The normalized spacial score (nSPS) is 17.4. The van der Waals surface area contributed by atoms with Crippen molar-refractivity contribution in [2.24, 2.45) is 0 Å². The average Bonchev–Trinajstić information content (AvgIpc) is 3.02. The van der Waals surface area contributed by atoms with E-state index in [2.05, 4.69) is 32.7 Å². The molecule has 0 atom stereocenters. The van der Waals surface area contributed by atoms with Crippen molar-refractivity contribution in [3.8, 4) is 0 Å². The molecule has 0 amide bonds. The molecule has 0 spiro atoms. The predicted molar refractivity (Wildman–Crippen MR) is 69.3 cm³/mol. The molecule has 3 rings (SSSR count). The summed E-state index contributed by atoms with van der Waals surface area (Å²) in [6.07, 6.45) is 7.45. The Kier molecular flexibility index (Phi) is 3.22. The molecule has 17 heavy (non-hydrogen) atoms. The summed E-state index contributed by atoms with van der Waals surface area (Å²) in [7, 11) is 0. The second-order valence-corrected chi connectivity index (χ2v) is 5.76. The van der Waals surface area contributed by atoms with Crippen LogP contribution in [-0.4, -0.2) is 15.2 Å². The molecule has 0 aliphatic heterocycles. The summed E-state index contributed by atoms with van der Waals surface area (Å²) in [4.78, 5) is 5.99. The molecule has 1 saturated carbocycles. The second kappa shape index (κ2) is 5.00. The Morgan fingerprint density at radius 3 is 2.94 bits per heavy atom. The number of H-pyrrole nitrogens is 1. The molecule has 1 fully saturated rings. The molecule has 3 nitrogen and oxygen atoms in total. The van der Waals surface area contributed by atoms with Crippen LogP contribution in [0.4, 0.5) is 0 Å². The quantitative estimate of drug-likeness (QED) is 0.901. The van der Waals surface area contributed by atoms with Crippen LogP contribution in [-0.2, 0) is 6.42 Å². The van der Waals surface area contributed by atoms with Gasteiger partial charge >= 0.3 is 0 Å². The van der Waals surface area contributed by atoms with Gasteiger partial charge in [-0.15, -0.1) is 11.3 Å². The summed E-state index contributed by atoms with van der Waals surface area (Å²) in [5.74, 6) is 2.64. The van der Waals surface area contributed by atoms with Gasteiger partial charge in [0.05, 0.1) is 0 Å². The lowest BCUT2D eigenvalue weighted by atomic mass is 9.89. The summed E-state index contributed by atoms with van der Waals surface area (Å²) in [6, 6.07) is 4.23. The van der Waals surface area contributed by atoms with Gasteiger partial charge in [-0.1, -0.05) is 25.3 Å². The van der Waals surface area contributed by atoms with Crippen LogP contribution in [0.15, 0.2) is 17.5 Å². The summed E-state index contributed by atoms with van der Waals surface area (Å²) in [5.41, 5.74) is 0. The predicted octanol–water partition coefficient (Wildman–Crippen LogP) is 3.50. The molecule has 1 N–H and O–H groups in total. The lowest BCUT2D eigenvalue weighted by Crippen LogP contribution is -2.06. The lowest BCUT2D eigenvalue weighted by molar-refractivity contribution is 0.429. The molecule has 1 aliphatic rings. The molecular formula is C13H17N3S. The van der Waals surface area contributed by atoms with Gasteiger partial charge in [0.1, 0.15) is 5.82 Å². The first-order valence-corrected chi connectivity index (χ1v) is 7.23. The van der Waals surface area contributed by atoms with Gasteiger partial charge in [0, 0.05) is 17.2 Å². The summed E-state index contributed by atoms with van der Waals surface area (Å²) >= 11 is 1.77. The molecule has 2 aromatic rings. The van der Waals surface area contributed by atoms with Gasteiger partial charge in [-0.25, -0.2) is 4.98 Å². The van der Waals surface area contributed by atoms with Crippen molar-refractivity contribution in [2.75, 3.05) is 0 Å². The maximum Gasteiger partial charge on any atom is 0.153 e. The maximum atomic E-state index is 4.65. The molecule has 2 aromatic heterocycles. The molecule has 0 unspecified atom stereocenters. The molecule has 4 heteroatoms. The van der Waals surface area contributed by atoms with Crippen molar-refractivity contribution < 1.29 is 0 Å². The third kappa shape index (κ3) is 2.57. The van der Waals surface area contributed by atoms with E-state index in [0.29, 0.717) is 5.92 Å². The van der Waals surface area contributed by atoms with Crippen LogP contribution in [0.25, 0.3) is 0 Å². The van der Waals surface area contributed by atoms with Crippen molar-refractivity contribution in [3.05, 3.63) is 34.0 Å². The highest BCUT2D eigenvalue weighted by Gasteiger charge is 2.19. The van der Waals surface area contributed by atoms with Gasteiger partial charge in [-0.3, -0.25) is 5.10 Å². The van der Waals surface area contributed by atoms with Gasteiger partial charge in [-0.2, -0.15) is 5.10 Å². The number of rotatable bonds is 3. The highest BCUT2D eigenvalue weighted by atomic mass is 32.1. The molecule has 0 aromatic carbocycles. The van der Waals surface area contributed by atoms with E-state index >= 15 is 0 Å². The Balaban J connectivity index is 1.69. The van der Waals surface area contributed by atoms with E-state index in [4.69, 9.17) is 0 Å². The van der Waals surface area contributed by atoms with Crippen molar-refractivity contribution in [2.45, 2.75) is 44.4 Å². The third-order valence-corrected chi connectivity index (χ3v) is 4.32. The van der Waals surface area contributed by atoms with E-state index in [1.54, 1.807) is 11.3 Å². The van der Waals surface area contributed by atoms with Crippen LogP contribution in [0.3, 0.4) is 0 Å². The fraction of sp³-hybridized carbons (Fsp3) is 0.538. The zero-order chi connectivity index (χ0) is 11.5. The highest BCUT2D eigenvalue weighted by Crippen LogP contribution is 2.30. The molecule has 90 valence electrons. The van der Waals surface area contributed by atoms with Crippen LogP contribution in [0.2, 0.25) is 0 Å². The summed E-state index contributed by atoms with van der Waals surface area (Å²) in [5, 5.41) is 9.58. The maximum absolute atomic E-state index is 4.65. The van der Waals surface area contributed by atoms with Crippen molar-refractivity contribution >= 4 is 11.3 Å². The minimum Gasteiger partial charge on any atom is -0.263 e. The zero-order valence-corrected chi connectivity index (χ0v) is 10.7. The highest BCUT2D eigenvalue weighted by molar-refractivity contribution is 7.09. The molecular weight excluding hydrogens is 230 g/mol. The van der Waals surface area contributed by atoms with E-state index in [-0.39, 0.29) is 0 Å². The van der Waals surface area contributed by atoms with E-state index in [0.717, 1.165) is 18.1 Å². The minimum atomic E-state index is 0.595. The molecule has 0 saturated heterocycles. The topological polar surface area (TPSA) is 41.6 Å². The average molecular weight is 247 g/mol. The number of aromatic nitrogens is 3. The monoisotopic (exact) mass is 247 g/mol. The van der Waals surface area contributed by atoms with Crippen LogP contribution < -0.4 is 0 Å². The van der Waals surface area contributed by atoms with Crippen molar-refractivity contribution in [3.63, 3.8) is 0 Å². The Morgan fingerprint density at radius 1 is 1.29 bits per heavy atom. The number of nitrogens with zero attached hydrogens (tertiary/aromatic N) is 2. The molecule has 1 aliphatic carbocycles. The zero-order valence-electron chi connectivity index (χ0n) is 9.85. The van der Waals surface area contributed by atoms with Gasteiger partial charge in [0.15, 0.2) is 5.82 Å². The first-order valence-electron chi connectivity index (χ1n) is 6.35. The van der Waals surface area contributed by atoms with E-state index in [1.807, 2.05) is 0 Å². The van der Waals surface area contributed by atoms with Gasteiger partial charge < -0.3 is 0 Å². The first-order chi connectivity index (χ1) is 8.42. The Bertz CT molecular complexity index is 455. The largest absolute Gasteiger partial charge is 0.263 e. The van der Waals surface area contributed by atoms with E-state index in [9.17, 15) is 0 Å². The van der Waals surface area contributed by atoms with Gasteiger partial charge in [0.2, 0.25) is 0 Å². The fourth-order valence-electron chi connectivity index (χ4n) is 2.51. The van der Waals surface area contributed by atoms with E-state index in [1.165, 1.54) is 37.0 Å². The molecule has 2 heterocycles. The number of hydrogen-bond acceptors (Lipinski definition) is 3. The molecule has 0 radical (unpaired) electrons. The Labute approximate surface area is 105 Å². The number of thiophene rings is 1. The summed E-state index contributed by atoms with van der Waals surface area (Å²) < 4.78 is 0. The van der Waals surface area contributed by atoms with Crippen molar-refractivity contribution in [1.82, 2.24) is 15.2 Å². The van der Waals surface area contributed by atoms with Crippen LogP contribution in [0, 0.1) is 0 Å². The van der Waals surface area contributed by atoms with Gasteiger partial charge in [0.25, 0.3) is 0 Å². The second-order valence-electron chi connectivity index (χ2n) is 4.73. The Hall–Kier alpha value is -1.16. The van der Waals surface area contributed by atoms with Crippen LogP contribution >= 0.6 is 11.3 Å².